The van der Waals surface area contributed by atoms with Crippen LogP contribution >= 0.6 is 0 Å². The van der Waals surface area contributed by atoms with Crippen LogP contribution in [0.4, 0.5) is 0 Å². The summed E-state index contributed by atoms with van der Waals surface area (Å²) in [5.41, 5.74) is 7.65. The zero-order valence-electron chi connectivity index (χ0n) is 10.1. The molecule has 0 aliphatic rings. The first kappa shape index (κ1) is 11.8. The molecule has 0 aliphatic heterocycles. The number of nitrogens with zero attached hydrogens (tertiary/aromatic N) is 4. The number of rotatable bonds is 5. The first-order valence-electron chi connectivity index (χ1n) is 5.77. The van der Waals surface area contributed by atoms with Crippen molar-refractivity contribution in [3.8, 4) is 0 Å². The van der Waals surface area contributed by atoms with Gasteiger partial charge in [0.2, 0.25) is 0 Å². The molecule has 0 aromatic carbocycles. The summed E-state index contributed by atoms with van der Waals surface area (Å²) in [6.45, 7) is 4.52. The highest BCUT2D eigenvalue weighted by atomic mass is 16.5. The summed E-state index contributed by atoms with van der Waals surface area (Å²) < 4.78 is 6.83. The van der Waals surface area contributed by atoms with Crippen LogP contribution in [0.15, 0.2) is 16.8 Å². The maximum atomic E-state index is 5.96. The first-order valence-corrected chi connectivity index (χ1v) is 5.77. The highest BCUT2D eigenvalue weighted by Gasteiger charge is 2.10. The summed E-state index contributed by atoms with van der Waals surface area (Å²) in [5, 5.41) is 11.9. The van der Waals surface area contributed by atoms with Crippen LogP contribution in [-0.2, 0) is 6.54 Å². The minimum atomic E-state index is -0.0368. The van der Waals surface area contributed by atoms with Crippen LogP contribution in [0, 0.1) is 6.92 Å². The van der Waals surface area contributed by atoms with Crippen molar-refractivity contribution in [2.75, 3.05) is 0 Å². The Kier molecular flexibility index (Phi) is 3.53. The lowest BCUT2D eigenvalue weighted by Crippen LogP contribution is -2.10. The molecule has 0 bridgehead atoms. The van der Waals surface area contributed by atoms with Crippen molar-refractivity contribution in [3.05, 3.63) is 29.4 Å². The van der Waals surface area contributed by atoms with Crippen molar-refractivity contribution >= 4 is 0 Å². The van der Waals surface area contributed by atoms with Crippen LogP contribution in [0.3, 0.4) is 0 Å². The molecule has 0 fully saturated rings. The Morgan fingerprint density at radius 1 is 1.53 bits per heavy atom. The molecule has 2 rings (SSSR count). The second-order valence-electron chi connectivity index (χ2n) is 4.17. The number of aryl methyl sites for hydroxylation is 1. The van der Waals surface area contributed by atoms with Gasteiger partial charge in [0.1, 0.15) is 6.54 Å². The molecule has 0 amide bonds. The van der Waals surface area contributed by atoms with Crippen molar-refractivity contribution in [3.63, 3.8) is 0 Å². The van der Waals surface area contributed by atoms with Crippen molar-refractivity contribution in [1.82, 2.24) is 20.2 Å². The van der Waals surface area contributed by atoms with Gasteiger partial charge in [0, 0.05) is 6.07 Å². The van der Waals surface area contributed by atoms with Crippen LogP contribution in [-0.4, -0.2) is 20.2 Å². The highest BCUT2D eigenvalue weighted by molar-refractivity contribution is 5.05. The Bertz CT molecular complexity index is 476. The third-order valence-corrected chi connectivity index (χ3v) is 2.53. The molecule has 0 saturated carbocycles. The molecular weight excluding hydrogens is 218 g/mol. The average Bonchev–Trinajstić information content (AvgIpc) is 2.89. The molecule has 2 aromatic heterocycles. The Morgan fingerprint density at radius 3 is 3.00 bits per heavy atom. The van der Waals surface area contributed by atoms with Crippen LogP contribution in [0.5, 0.6) is 0 Å². The second-order valence-corrected chi connectivity index (χ2v) is 4.17. The zero-order chi connectivity index (χ0) is 12.3. The van der Waals surface area contributed by atoms with Gasteiger partial charge >= 0.3 is 0 Å². The minimum absolute atomic E-state index is 0.0368. The number of hydrogen-bond donors (Lipinski definition) is 1. The zero-order valence-corrected chi connectivity index (χ0v) is 10.1. The molecule has 6 nitrogen and oxygen atoms in total. The molecule has 2 N–H and O–H groups in total. The molecule has 0 aliphatic carbocycles. The van der Waals surface area contributed by atoms with E-state index >= 15 is 0 Å². The standard InChI is InChI=1S/C11H17N5O/c1-3-4-10(12)11-7-16(15-13-11)6-9-5-8(2)14-17-9/h5,7,10H,3-4,6,12H2,1-2H3. The topological polar surface area (TPSA) is 82.8 Å². The first-order chi connectivity index (χ1) is 8.19. The highest BCUT2D eigenvalue weighted by Crippen LogP contribution is 2.12. The summed E-state index contributed by atoms with van der Waals surface area (Å²) in [6, 6.07) is 1.85. The van der Waals surface area contributed by atoms with Gasteiger partial charge in [-0.15, -0.1) is 5.10 Å². The fourth-order valence-corrected chi connectivity index (χ4v) is 1.67. The van der Waals surface area contributed by atoms with Gasteiger partial charge in [-0.3, -0.25) is 0 Å². The lowest BCUT2D eigenvalue weighted by molar-refractivity contribution is 0.367. The van der Waals surface area contributed by atoms with E-state index < -0.39 is 0 Å². The number of hydrogen-bond acceptors (Lipinski definition) is 5. The van der Waals surface area contributed by atoms with Crippen molar-refractivity contribution in [1.29, 1.82) is 0 Å². The molecule has 2 aromatic rings. The lowest BCUT2D eigenvalue weighted by Gasteiger charge is -2.04. The summed E-state index contributed by atoms with van der Waals surface area (Å²) in [5.74, 6) is 0.767. The van der Waals surface area contributed by atoms with Crippen LogP contribution < -0.4 is 5.73 Å². The van der Waals surface area contributed by atoms with E-state index in [-0.39, 0.29) is 6.04 Å². The SMILES string of the molecule is CCCC(N)c1cn(Cc2cc(C)no2)nn1. The molecule has 6 heteroatoms. The Labute approximate surface area is 99.8 Å². The van der Waals surface area contributed by atoms with Gasteiger partial charge in [-0.2, -0.15) is 0 Å². The van der Waals surface area contributed by atoms with Crippen molar-refractivity contribution < 1.29 is 4.52 Å². The third-order valence-electron chi connectivity index (χ3n) is 2.53. The molecule has 0 spiro atoms. The summed E-state index contributed by atoms with van der Waals surface area (Å²) in [7, 11) is 0. The predicted octanol–water partition coefficient (Wildman–Crippen LogP) is 1.42. The van der Waals surface area contributed by atoms with E-state index in [1.165, 1.54) is 0 Å². The predicted molar refractivity (Wildman–Crippen MR) is 62.2 cm³/mol. The second kappa shape index (κ2) is 5.09. The lowest BCUT2D eigenvalue weighted by atomic mass is 10.1. The molecule has 0 radical (unpaired) electrons. The molecule has 0 saturated heterocycles. The van der Waals surface area contributed by atoms with Gasteiger partial charge in [0.15, 0.2) is 5.76 Å². The van der Waals surface area contributed by atoms with E-state index in [1.54, 1.807) is 4.68 Å². The fraction of sp³-hybridized carbons (Fsp3) is 0.545. The summed E-state index contributed by atoms with van der Waals surface area (Å²) in [6.07, 6.45) is 3.81. The molecule has 2 heterocycles. The van der Waals surface area contributed by atoms with Gasteiger partial charge in [0.05, 0.1) is 23.6 Å². The number of nitrogens with two attached hydrogens (primary N) is 1. The van der Waals surface area contributed by atoms with Crippen LogP contribution in [0.1, 0.15) is 43.0 Å². The molecular formula is C11H17N5O. The smallest absolute Gasteiger partial charge is 0.158 e. The van der Waals surface area contributed by atoms with Crippen LogP contribution in [0.25, 0.3) is 0 Å². The quantitative estimate of drug-likeness (QED) is 0.847. The molecule has 1 unspecified atom stereocenters. The van der Waals surface area contributed by atoms with Crippen molar-refractivity contribution in [2.24, 2.45) is 5.73 Å². The largest absolute Gasteiger partial charge is 0.359 e. The van der Waals surface area contributed by atoms with E-state index in [1.807, 2.05) is 19.2 Å². The van der Waals surface area contributed by atoms with E-state index in [0.29, 0.717) is 6.54 Å². The summed E-state index contributed by atoms with van der Waals surface area (Å²) >= 11 is 0. The molecule has 1 atom stereocenters. The Balaban J connectivity index is 2.03. The van der Waals surface area contributed by atoms with Crippen LogP contribution in [0.2, 0.25) is 0 Å². The van der Waals surface area contributed by atoms with E-state index in [0.717, 1.165) is 30.0 Å². The van der Waals surface area contributed by atoms with E-state index in [9.17, 15) is 0 Å². The average molecular weight is 235 g/mol. The van der Waals surface area contributed by atoms with Gasteiger partial charge in [-0.25, -0.2) is 4.68 Å². The van der Waals surface area contributed by atoms with Gasteiger partial charge < -0.3 is 10.3 Å². The normalized spacial score (nSPS) is 12.9. The van der Waals surface area contributed by atoms with Gasteiger partial charge in [0.25, 0.3) is 0 Å². The number of aromatic nitrogens is 4. The maximum absolute atomic E-state index is 5.96. The van der Waals surface area contributed by atoms with E-state index in [2.05, 4.69) is 22.4 Å². The Morgan fingerprint density at radius 2 is 2.35 bits per heavy atom. The fourth-order valence-electron chi connectivity index (χ4n) is 1.67. The minimum Gasteiger partial charge on any atom is -0.359 e. The van der Waals surface area contributed by atoms with Crippen molar-refractivity contribution in [2.45, 2.75) is 39.3 Å². The van der Waals surface area contributed by atoms with E-state index in [4.69, 9.17) is 10.3 Å². The third kappa shape index (κ3) is 2.91. The molecule has 92 valence electrons. The van der Waals surface area contributed by atoms with Gasteiger partial charge in [-0.1, -0.05) is 23.7 Å². The maximum Gasteiger partial charge on any atom is 0.158 e. The summed E-state index contributed by atoms with van der Waals surface area (Å²) in [4.78, 5) is 0. The Hall–Kier alpha value is -1.69. The monoisotopic (exact) mass is 235 g/mol. The van der Waals surface area contributed by atoms with Gasteiger partial charge in [-0.05, 0) is 13.3 Å². The molecule has 17 heavy (non-hydrogen) atoms.